The van der Waals surface area contributed by atoms with Crippen LogP contribution in [0.4, 0.5) is 0 Å². The third-order valence-electron chi connectivity index (χ3n) is 3.97. The summed E-state index contributed by atoms with van der Waals surface area (Å²) in [6.07, 6.45) is 1.19. The predicted molar refractivity (Wildman–Crippen MR) is 96.6 cm³/mol. The van der Waals surface area contributed by atoms with E-state index in [1.807, 2.05) is 25.1 Å². The molecule has 1 aliphatic heterocycles. The molecule has 1 aromatic carbocycles. The van der Waals surface area contributed by atoms with E-state index in [-0.39, 0.29) is 5.91 Å². The second-order valence-corrected chi connectivity index (χ2v) is 8.87. The van der Waals surface area contributed by atoms with Crippen LogP contribution in [0.5, 0.6) is 5.75 Å². The zero-order chi connectivity index (χ0) is 17.9. The number of aryl methyl sites for hydroxylation is 1. The van der Waals surface area contributed by atoms with Crippen molar-refractivity contribution in [3.63, 3.8) is 0 Å². The van der Waals surface area contributed by atoms with Crippen LogP contribution in [-0.2, 0) is 14.8 Å². The molecule has 0 spiro atoms. The molecule has 24 heavy (non-hydrogen) atoms. The first-order valence-corrected chi connectivity index (χ1v) is 10.5. The molecule has 0 N–H and O–H groups in total. The summed E-state index contributed by atoms with van der Waals surface area (Å²) in [5.41, 5.74) is 1.10. The number of benzene rings is 1. The average Bonchev–Trinajstić information content (AvgIpc) is 2.75. The molecule has 134 valence electrons. The Morgan fingerprint density at radius 2 is 1.96 bits per heavy atom. The fourth-order valence-corrected chi connectivity index (χ4v) is 4.11. The molecular weight excluding hydrogens is 396 g/mol. The number of ether oxygens (including phenoxy) is 1. The Labute approximate surface area is 151 Å². The van der Waals surface area contributed by atoms with Gasteiger partial charge in [-0.15, -0.1) is 0 Å². The second kappa shape index (κ2) is 7.84. The smallest absolute Gasteiger partial charge is 0.263 e. The molecule has 1 amide bonds. The van der Waals surface area contributed by atoms with Gasteiger partial charge in [0.1, 0.15) is 5.75 Å². The first kappa shape index (κ1) is 19.2. The lowest BCUT2D eigenvalue weighted by Crippen LogP contribution is -2.42. The molecule has 8 heteroatoms. The van der Waals surface area contributed by atoms with Crippen LogP contribution in [0.2, 0.25) is 0 Å². The highest BCUT2D eigenvalue weighted by Crippen LogP contribution is 2.27. The van der Waals surface area contributed by atoms with Crippen LogP contribution in [0, 0.1) is 6.92 Å². The van der Waals surface area contributed by atoms with Crippen molar-refractivity contribution in [1.82, 2.24) is 9.21 Å². The number of amides is 1. The monoisotopic (exact) mass is 418 g/mol. The minimum Gasteiger partial charge on any atom is -0.480 e. The van der Waals surface area contributed by atoms with E-state index in [9.17, 15) is 13.2 Å². The number of sulfonamides is 1. The van der Waals surface area contributed by atoms with Crippen LogP contribution < -0.4 is 4.74 Å². The van der Waals surface area contributed by atoms with Gasteiger partial charge in [-0.1, -0.05) is 6.07 Å². The van der Waals surface area contributed by atoms with Gasteiger partial charge in [-0.3, -0.25) is 4.79 Å². The van der Waals surface area contributed by atoms with Gasteiger partial charge in [0.15, 0.2) is 6.10 Å². The van der Waals surface area contributed by atoms with Crippen LogP contribution in [0.25, 0.3) is 0 Å². The fourth-order valence-electron chi connectivity index (χ4n) is 2.65. The van der Waals surface area contributed by atoms with Gasteiger partial charge in [-0.25, -0.2) is 12.7 Å². The first-order chi connectivity index (χ1) is 11.2. The van der Waals surface area contributed by atoms with Crippen LogP contribution in [0.15, 0.2) is 22.7 Å². The average molecular weight is 419 g/mol. The molecule has 0 bridgehead atoms. The maximum Gasteiger partial charge on any atom is 0.263 e. The van der Waals surface area contributed by atoms with Gasteiger partial charge < -0.3 is 9.64 Å². The van der Waals surface area contributed by atoms with Crippen molar-refractivity contribution >= 4 is 31.9 Å². The van der Waals surface area contributed by atoms with E-state index >= 15 is 0 Å². The highest BCUT2D eigenvalue weighted by atomic mass is 79.9. The van der Waals surface area contributed by atoms with Gasteiger partial charge >= 0.3 is 0 Å². The molecule has 0 aliphatic carbocycles. The maximum atomic E-state index is 12.6. The lowest BCUT2D eigenvalue weighted by Gasteiger charge is -2.25. The van der Waals surface area contributed by atoms with Crippen molar-refractivity contribution in [2.75, 3.05) is 32.4 Å². The van der Waals surface area contributed by atoms with Gasteiger partial charge in [0.2, 0.25) is 10.0 Å². The van der Waals surface area contributed by atoms with Crippen LogP contribution in [0.1, 0.15) is 18.9 Å². The summed E-state index contributed by atoms with van der Waals surface area (Å²) in [6.45, 7) is 5.39. The Kier molecular flexibility index (Phi) is 6.28. The van der Waals surface area contributed by atoms with E-state index in [4.69, 9.17) is 4.74 Å². The van der Waals surface area contributed by atoms with Gasteiger partial charge in [0.25, 0.3) is 5.91 Å². The molecule has 1 unspecified atom stereocenters. The topological polar surface area (TPSA) is 66.9 Å². The molecule has 1 aliphatic rings. The van der Waals surface area contributed by atoms with E-state index in [0.717, 1.165) is 10.0 Å². The zero-order valence-corrected chi connectivity index (χ0v) is 16.6. The summed E-state index contributed by atoms with van der Waals surface area (Å²) in [5.74, 6) is 0.492. The van der Waals surface area contributed by atoms with Gasteiger partial charge in [0.05, 0.1) is 10.7 Å². The van der Waals surface area contributed by atoms with Crippen LogP contribution >= 0.6 is 15.9 Å². The van der Waals surface area contributed by atoms with E-state index in [1.54, 1.807) is 11.8 Å². The van der Waals surface area contributed by atoms with Crippen LogP contribution in [0.3, 0.4) is 0 Å². The van der Waals surface area contributed by atoms with E-state index in [2.05, 4.69) is 15.9 Å². The maximum absolute atomic E-state index is 12.6. The van der Waals surface area contributed by atoms with Gasteiger partial charge in [-0.2, -0.15) is 0 Å². The number of carbonyl (C=O) groups is 1. The number of hydrogen-bond acceptors (Lipinski definition) is 4. The molecule has 1 aromatic rings. The second-order valence-electron chi connectivity index (χ2n) is 6.03. The summed E-state index contributed by atoms with van der Waals surface area (Å²) >= 11 is 3.44. The highest BCUT2D eigenvalue weighted by Gasteiger charge is 2.27. The molecular formula is C16H23BrN2O4S. The molecule has 1 atom stereocenters. The van der Waals surface area contributed by atoms with E-state index < -0.39 is 16.1 Å². The standard InChI is InChI=1S/C16H23BrN2O4S/c1-12-5-6-15(14(17)11-12)23-13(2)16(20)18-7-4-8-19(10-9-18)24(3,21)22/h5-6,11,13H,4,7-10H2,1-3H3. The van der Waals surface area contributed by atoms with E-state index in [1.165, 1.54) is 10.6 Å². The van der Waals surface area contributed by atoms with Gasteiger partial charge in [0, 0.05) is 26.2 Å². The molecule has 0 radical (unpaired) electrons. The molecule has 1 saturated heterocycles. The van der Waals surface area contributed by atoms with Crippen LogP contribution in [-0.4, -0.2) is 62.1 Å². The summed E-state index contributed by atoms with van der Waals surface area (Å²) in [4.78, 5) is 14.3. The Bertz CT molecular complexity index is 708. The summed E-state index contributed by atoms with van der Waals surface area (Å²) in [6, 6.07) is 5.69. The van der Waals surface area contributed by atoms with E-state index in [0.29, 0.717) is 38.3 Å². The third-order valence-corrected chi connectivity index (χ3v) is 5.90. The number of nitrogens with zero attached hydrogens (tertiary/aromatic N) is 2. The predicted octanol–water partition coefficient (Wildman–Crippen LogP) is 2.02. The number of rotatable bonds is 4. The highest BCUT2D eigenvalue weighted by molar-refractivity contribution is 9.10. The number of hydrogen-bond donors (Lipinski definition) is 0. The van der Waals surface area contributed by atoms with Crippen molar-refractivity contribution in [2.45, 2.75) is 26.4 Å². The van der Waals surface area contributed by atoms with Crippen molar-refractivity contribution in [3.8, 4) is 5.75 Å². The Hall–Kier alpha value is -1.12. The minimum absolute atomic E-state index is 0.127. The number of halogens is 1. The largest absolute Gasteiger partial charge is 0.480 e. The fraction of sp³-hybridized carbons (Fsp3) is 0.562. The van der Waals surface area contributed by atoms with Crippen molar-refractivity contribution in [2.24, 2.45) is 0 Å². The lowest BCUT2D eigenvalue weighted by atomic mass is 10.2. The quantitative estimate of drug-likeness (QED) is 0.749. The Balaban J connectivity index is 2.00. The number of carbonyl (C=O) groups excluding carboxylic acids is 1. The van der Waals surface area contributed by atoms with Crippen molar-refractivity contribution in [1.29, 1.82) is 0 Å². The van der Waals surface area contributed by atoms with Crippen molar-refractivity contribution in [3.05, 3.63) is 28.2 Å². The molecule has 0 aromatic heterocycles. The molecule has 2 rings (SSSR count). The third kappa shape index (κ3) is 4.94. The lowest BCUT2D eigenvalue weighted by molar-refractivity contribution is -0.137. The first-order valence-electron chi connectivity index (χ1n) is 7.85. The SMILES string of the molecule is Cc1ccc(OC(C)C(=O)N2CCCN(S(C)(=O)=O)CC2)c(Br)c1. The van der Waals surface area contributed by atoms with Crippen molar-refractivity contribution < 1.29 is 17.9 Å². The summed E-state index contributed by atoms with van der Waals surface area (Å²) in [5, 5.41) is 0. The zero-order valence-electron chi connectivity index (χ0n) is 14.2. The van der Waals surface area contributed by atoms with Gasteiger partial charge in [-0.05, 0) is 53.9 Å². The molecule has 1 fully saturated rings. The Morgan fingerprint density at radius 3 is 2.58 bits per heavy atom. The minimum atomic E-state index is -3.22. The Morgan fingerprint density at radius 1 is 1.25 bits per heavy atom. The molecule has 6 nitrogen and oxygen atoms in total. The summed E-state index contributed by atoms with van der Waals surface area (Å²) in [7, 11) is -3.22. The molecule has 0 saturated carbocycles. The molecule has 1 heterocycles. The summed E-state index contributed by atoms with van der Waals surface area (Å²) < 4.78 is 31.3. The normalized spacial score (nSPS) is 18.1.